The van der Waals surface area contributed by atoms with Gasteiger partial charge < -0.3 is 16.2 Å². The van der Waals surface area contributed by atoms with Crippen molar-refractivity contribution in [3.05, 3.63) is 48.0 Å². The number of phenols is 1. The number of benzene rings is 1. The molecular formula is C12H12N4O2. The van der Waals surface area contributed by atoms with Crippen LogP contribution in [0.5, 0.6) is 5.75 Å². The monoisotopic (exact) mass is 244 g/mol. The van der Waals surface area contributed by atoms with Crippen molar-refractivity contribution in [1.82, 2.24) is 15.3 Å². The van der Waals surface area contributed by atoms with E-state index in [1.54, 1.807) is 18.3 Å². The van der Waals surface area contributed by atoms with Gasteiger partial charge in [-0.1, -0.05) is 0 Å². The molecule has 2 aromatic rings. The lowest BCUT2D eigenvalue weighted by Crippen LogP contribution is -2.23. The van der Waals surface area contributed by atoms with Crippen molar-refractivity contribution < 1.29 is 9.90 Å². The van der Waals surface area contributed by atoms with Gasteiger partial charge in [-0.2, -0.15) is 0 Å². The number of amides is 1. The average molecular weight is 244 g/mol. The highest BCUT2D eigenvalue weighted by atomic mass is 16.3. The molecule has 0 bridgehead atoms. The summed E-state index contributed by atoms with van der Waals surface area (Å²) in [5.74, 6) is -0.409. The zero-order valence-corrected chi connectivity index (χ0v) is 9.50. The van der Waals surface area contributed by atoms with Crippen LogP contribution in [-0.4, -0.2) is 21.0 Å². The van der Waals surface area contributed by atoms with E-state index < -0.39 is 0 Å². The van der Waals surface area contributed by atoms with Crippen molar-refractivity contribution in [3.8, 4) is 5.75 Å². The molecule has 0 aliphatic rings. The molecule has 1 amide bonds. The van der Waals surface area contributed by atoms with Gasteiger partial charge in [0, 0.05) is 11.8 Å². The Labute approximate surface area is 104 Å². The van der Waals surface area contributed by atoms with E-state index in [9.17, 15) is 9.90 Å². The fourth-order valence-corrected chi connectivity index (χ4v) is 1.38. The third kappa shape index (κ3) is 2.73. The summed E-state index contributed by atoms with van der Waals surface area (Å²) in [5, 5.41) is 12.1. The van der Waals surface area contributed by atoms with Gasteiger partial charge in [0.1, 0.15) is 12.1 Å². The smallest absolute Gasteiger partial charge is 0.251 e. The van der Waals surface area contributed by atoms with Gasteiger partial charge in [0.2, 0.25) is 0 Å². The van der Waals surface area contributed by atoms with Gasteiger partial charge in [-0.05, 0) is 24.3 Å². The van der Waals surface area contributed by atoms with Gasteiger partial charge in [-0.3, -0.25) is 4.79 Å². The summed E-state index contributed by atoms with van der Waals surface area (Å²) in [7, 11) is 0. The number of nitrogen functional groups attached to an aromatic ring is 1. The summed E-state index contributed by atoms with van der Waals surface area (Å²) < 4.78 is 0. The van der Waals surface area contributed by atoms with Crippen LogP contribution in [0.15, 0.2) is 36.8 Å². The van der Waals surface area contributed by atoms with E-state index in [1.807, 2.05) is 0 Å². The van der Waals surface area contributed by atoms with E-state index in [0.717, 1.165) is 0 Å². The average Bonchev–Trinajstić information content (AvgIpc) is 2.40. The Morgan fingerprint density at radius 1 is 1.39 bits per heavy atom. The summed E-state index contributed by atoms with van der Waals surface area (Å²) >= 11 is 0. The van der Waals surface area contributed by atoms with Gasteiger partial charge in [0.05, 0.1) is 17.9 Å². The van der Waals surface area contributed by atoms with Crippen LogP contribution in [0.3, 0.4) is 0 Å². The molecule has 0 saturated heterocycles. The van der Waals surface area contributed by atoms with Crippen molar-refractivity contribution in [2.45, 2.75) is 6.54 Å². The van der Waals surface area contributed by atoms with E-state index >= 15 is 0 Å². The molecule has 1 aromatic carbocycles. The molecule has 6 nitrogen and oxygen atoms in total. The molecule has 4 N–H and O–H groups in total. The van der Waals surface area contributed by atoms with E-state index in [-0.39, 0.29) is 17.3 Å². The van der Waals surface area contributed by atoms with E-state index in [0.29, 0.717) is 17.8 Å². The highest BCUT2D eigenvalue weighted by molar-refractivity contribution is 5.95. The van der Waals surface area contributed by atoms with Crippen LogP contribution in [0.1, 0.15) is 16.1 Å². The second kappa shape index (κ2) is 5.13. The highest BCUT2D eigenvalue weighted by Crippen LogP contribution is 2.20. The number of phenolic OH excluding ortho intramolecular Hbond substituents is 1. The molecule has 1 aromatic heterocycles. The molecule has 0 atom stereocenters. The maximum absolute atomic E-state index is 11.8. The zero-order valence-electron chi connectivity index (χ0n) is 9.50. The maximum atomic E-state index is 11.8. The molecule has 0 spiro atoms. The normalized spacial score (nSPS) is 10.0. The molecule has 0 unspecified atom stereocenters. The second-order valence-corrected chi connectivity index (χ2v) is 3.66. The molecule has 0 saturated carbocycles. The topological polar surface area (TPSA) is 101 Å². The van der Waals surface area contributed by atoms with E-state index in [4.69, 9.17) is 5.73 Å². The molecule has 2 rings (SSSR count). The van der Waals surface area contributed by atoms with Gasteiger partial charge >= 0.3 is 0 Å². The molecule has 0 aliphatic carbocycles. The lowest BCUT2D eigenvalue weighted by Gasteiger charge is -2.06. The van der Waals surface area contributed by atoms with Gasteiger partial charge in [0.25, 0.3) is 5.91 Å². The third-order valence-corrected chi connectivity index (χ3v) is 2.37. The summed E-state index contributed by atoms with van der Waals surface area (Å²) in [6.07, 6.45) is 3.01. The van der Waals surface area contributed by atoms with Crippen LogP contribution in [0.25, 0.3) is 0 Å². The highest BCUT2D eigenvalue weighted by Gasteiger charge is 2.07. The second-order valence-electron chi connectivity index (χ2n) is 3.66. The summed E-state index contributed by atoms with van der Waals surface area (Å²) in [5.41, 5.74) is 6.74. The number of aromatic hydroxyl groups is 1. The molecule has 18 heavy (non-hydrogen) atoms. The van der Waals surface area contributed by atoms with E-state index in [2.05, 4.69) is 15.3 Å². The Morgan fingerprint density at radius 2 is 2.22 bits per heavy atom. The minimum absolute atomic E-state index is 0.107. The molecule has 92 valence electrons. The number of nitrogens with two attached hydrogens (primary N) is 1. The first-order valence-electron chi connectivity index (χ1n) is 5.28. The van der Waals surface area contributed by atoms with Crippen LogP contribution in [-0.2, 0) is 6.54 Å². The van der Waals surface area contributed by atoms with Crippen LogP contribution in [0.4, 0.5) is 5.69 Å². The van der Waals surface area contributed by atoms with Crippen LogP contribution < -0.4 is 11.1 Å². The van der Waals surface area contributed by atoms with Gasteiger partial charge in [-0.15, -0.1) is 0 Å². The van der Waals surface area contributed by atoms with Crippen LogP contribution in [0.2, 0.25) is 0 Å². The number of anilines is 1. The first kappa shape index (κ1) is 11.8. The predicted molar refractivity (Wildman–Crippen MR) is 65.7 cm³/mol. The number of nitrogens with zero attached hydrogens (tertiary/aromatic N) is 2. The first-order chi connectivity index (χ1) is 8.66. The number of carbonyl (C=O) groups is 1. The Morgan fingerprint density at radius 3 is 2.89 bits per heavy atom. The first-order valence-corrected chi connectivity index (χ1v) is 5.28. The summed E-state index contributed by atoms with van der Waals surface area (Å²) in [6.45, 7) is 0.298. The number of hydrogen-bond acceptors (Lipinski definition) is 5. The Kier molecular flexibility index (Phi) is 3.38. The molecular weight excluding hydrogens is 232 g/mol. The summed E-state index contributed by atoms with van der Waals surface area (Å²) in [6, 6.07) is 6.06. The minimum atomic E-state index is -0.302. The zero-order chi connectivity index (χ0) is 13.0. The van der Waals surface area contributed by atoms with Crippen LogP contribution in [0, 0.1) is 0 Å². The molecule has 0 aliphatic heterocycles. The predicted octanol–water partition coefficient (Wildman–Crippen LogP) is 0.694. The maximum Gasteiger partial charge on any atom is 0.251 e. The van der Waals surface area contributed by atoms with Crippen molar-refractivity contribution >= 4 is 11.6 Å². The fourth-order valence-electron chi connectivity index (χ4n) is 1.38. The molecule has 1 heterocycles. The van der Waals surface area contributed by atoms with Crippen LogP contribution >= 0.6 is 0 Å². The van der Waals surface area contributed by atoms with E-state index in [1.165, 1.54) is 18.5 Å². The van der Waals surface area contributed by atoms with Crippen molar-refractivity contribution in [2.24, 2.45) is 0 Å². The third-order valence-electron chi connectivity index (χ3n) is 2.37. The van der Waals surface area contributed by atoms with Gasteiger partial charge in [-0.25, -0.2) is 9.97 Å². The molecule has 0 radical (unpaired) electrons. The Balaban J connectivity index is 2.02. The quantitative estimate of drug-likeness (QED) is 0.545. The van der Waals surface area contributed by atoms with Crippen molar-refractivity contribution in [2.75, 3.05) is 5.73 Å². The number of aromatic nitrogens is 2. The van der Waals surface area contributed by atoms with Crippen molar-refractivity contribution in [1.29, 1.82) is 0 Å². The number of nitrogens with one attached hydrogen (secondary N) is 1. The lowest BCUT2D eigenvalue weighted by atomic mass is 10.2. The summed E-state index contributed by atoms with van der Waals surface area (Å²) in [4.78, 5) is 19.5. The number of hydrogen-bond donors (Lipinski definition) is 3. The minimum Gasteiger partial charge on any atom is -0.506 e. The fraction of sp³-hybridized carbons (Fsp3) is 0.0833. The van der Waals surface area contributed by atoms with Crippen molar-refractivity contribution in [3.63, 3.8) is 0 Å². The molecule has 0 fully saturated rings. The Hall–Kier alpha value is -2.63. The standard InChI is InChI=1S/C12H12N4O2/c13-10-2-1-8(5-11(10)17)12(18)15-6-9-3-4-14-7-16-9/h1-5,7,17H,6,13H2,(H,15,18). The number of rotatable bonds is 3. The Bertz CT molecular complexity index is 557. The largest absolute Gasteiger partial charge is 0.506 e. The molecule has 6 heteroatoms. The van der Waals surface area contributed by atoms with Gasteiger partial charge in [0.15, 0.2) is 0 Å². The lowest BCUT2D eigenvalue weighted by molar-refractivity contribution is 0.0950. The number of carbonyl (C=O) groups excluding carboxylic acids is 1. The SMILES string of the molecule is Nc1ccc(C(=O)NCc2ccncn2)cc1O.